The highest BCUT2D eigenvalue weighted by Gasteiger charge is 2.06. The molecule has 1 atom stereocenters. The summed E-state index contributed by atoms with van der Waals surface area (Å²) >= 11 is 0. The summed E-state index contributed by atoms with van der Waals surface area (Å²) in [6.45, 7) is 2.12. The van der Waals surface area contributed by atoms with Crippen LogP contribution in [0.15, 0.2) is 24.5 Å². The van der Waals surface area contributed by atoms with Crippen LogP contribution in [0.3, 0.4) is 0 Å². The molecule has 0 aromatic carbocycles. The Labute approximate surface area is 66.0 Å². The molecule has 2 rings (SSSR count). The van der Waals surface area contributed by atoms with Crippen molar-refractivity contribution in [1.82, 2.24) is 4.98 Å². The fourth-order valence-electron chi connectivity index (χ4n) is 1.21. The molecule has 11 heavy (non-hydrogen) atoms. The van der Waals surface area contributed by atoms with Crippen molar-refractivity contribution >= 4 is 11.8 Å². The van der Waals surface area contributed by atoms with Gasteiger partial charge >= 0.3 is 0 Å². The topological polar surface area (TPSA) is 24.9 Å². The summed E-state index contributed by atoms with van der Waals surface area (Å²) in [5.41, 5.74) is 2.35. The number of nitrogens with zero attached hydrogens (tertiary/aromatic N) is 1. The minimum atomic E-state index is 0.423. The van der Waals surface area contributed by atoms with Crippen LogP contribution in [-0.2, 0) is 0 Å². The lowest BCUT2D eigenvalue weighted by molar-refractivity contribution is 0.987. The van der Waals surface area contributed by atoms with E-state index < -0.39 is 0 Å². The maximum atomic E-state index is 4.04. The van der Waals surface area contributed by atoms with E-state index in [1.807, 2.05) is 12.3 Å². The van der Waals surface area contributed by atoms with Gasteiger partial charge in [-0.15, -0.1) is 0 Å². The van der Waals surface area contributed by atoms with Crippen LogP contribution in [0.4, 0.5) is 5.69 Å². The summed E-state index contributed by atoms with van der Waals surface area (Å²) in [5, 5.41) is 3.31. The second-order valence-corrected chi connectivity index (χ2v) is 2.76. The molecule has 0 saturated carbocycles. The van der Waals surface area contributed by atoms with E-state index in [-0.39, 0.29) is 0 Å². The zero-order valence-corrected chi connectivity index (χ0v) is 6.41. The van der Waals surface area contributed by atoms with Gasteiger partial charge in [-0.25, -0.2) is 0 Å². The third-order valence-corrected chi connectivity index (χ3v) is 1.80. The lowest BCUT2D eigenvalue weighted by Gasteiger charge is -2.17. The van der Waals surface area contributed by atoms with E-state index in [4.69, 9.17) is 0 Å². The van der Waals surface area contributed by atoms with Crippen LogP contribution in [-0.4, -0.2) is 11.0 Å². The molecule has 2 heterocycles. The summed E-state index contributed by atoms with van der Waals surface area (Å²) in [7, 11) is 0. The number of hydrogen-bond acceptors (Lipinski definition) is 2. The molecule has 1 aliphatic heterocycles. The fourth-order valence-corrected chi connectivity index (χ4v) is 1.21. The van der Waals surface area contributed by atoms with Gasteiger partial charge in [0.2, 0.25) is 0 Å². The maximum Gasteiger partial charge on any atom is 0.0604 e. The normalized spacial score (nSPS) is 20.6. The van der Waals surface area contributed by atoms with E-state index in [1.54, 1.807) is 6.20 Å². The van der Waals surface area contributed by atoms with Crippen LogP contribution < -0.4 is 5.32 Å². The molecule has 0 saturated heterocycles. The van der Waals surface area contributed by atoms with Crippen LogP contribution in [0.25, 0.3) is 6.08 Å². The number of aromatic nitrogens is 1. The van der Waals surface area contributed by atoms with E-state index in [0.29, 0.717) is 6.04 Å². The Kier molecular flexibility index (Phi) is 1.39. The molecule has 1 N–H and O–H groups in total. The van der Waals surface area contributed by atoms with Gasteiger partial charge in [0, 0.05) is 17.8 Å². The maximum absolute atomic E-state index is 4.04. The van der Waals surface area contributed by atoms with E-state index in [9.17, 15) is 0 Å². The summed E-state index contributed by atoms with van der Waals surface area (Å²) in [4.78, 5) is 4.04. The Bertz CT molecular complexity index is 291. The number of rotatable bonds is 0. The van der Waals surface area contributed by atoms with Crippen LogP contribution in [0.1, 0.15) is 12.5 Å². The molecule has 1 aromatic rings. The molecule has 0 radical (unpaired) electrons. The Morgan fingerprint density at radius 3 is 3.36 bits per heavy atom. The number of hydrogen-bond donors (Lipinski definition) is 1. The zero-order valence-electron chi connectivity index (χ0n) is 6.41. The number of fused-ring (bicyclic) bond motifs is 1. The predicted octanol–water partition coefficient (Wildman–Crippen LogP) is 1.91. The van der Waals surface area contributed by atoms with Crippen LogP contribution in [0.5, 0.6) is 0 Å². The van der Waals surface area contributed by atoms with E-state index in [2.05, 4.69) is 29.4 Å². The molecule has 2 nitrogen and oxygen atoms in total. The molecule has 56 valence electrons. The van der Waals surface area contributed by atoms with Gasteiger partial charge in [-0.3, -0.25) is 4.98 Å². The second kappa shape index (κ2) is 2.38. The molecule has 0 spiro atoms. The first kappa shape index (κ1) is 6.40. The first-order chi connectivity index (χ1) is 5.36. The molecule has 0 bridgehead atoms. The van der Waals surface area contributed by atoms with Crippen molar-refractivity contribution in [3.8, 4) is 0 Å². The van der Waals surface area contributed by atoms with E-state index in [1.165, 1.54) is 5.56 Å². The largest absolute Gasteiger partial charge is 0.377 e. The molecular weight excluding hydrogens is 136 g/mol. The standard InChI is InChI=1S/C9H10N2/c1-7-2-3-8-4-5-10-6-9(8)11-7/h2-7,11H,1H3. The average molecular weight is 146 g/mol. The van der Waals surface area contributed by atoms with Gasteiger partial charge in [-0.1, -0.05) is 12.2 Å². The fraction of sp³-hybridized carbons (Fsp3) is 0.222. The van der Waals surface area contributed by atoms with Gasteiger partial charge in [0.15, 0.2) is 0 Å². The van der Waals surface area contributed by atoms with Gasteiger partial charge < -0.3 is 5.32 Å². The van der Waals surface area contributed by atoms with Gasteiger partial charge in [0.1, 0.15) is 0 Å². The molecule has 0 aliphatic carbocycles. The van der Waals surface area contributed by atoms with Crippen LogP contribution >= 0.6 is 0 Å². The lowest BCUT2D eigenvalue weighted by atomic mass is 10.1. The van der Waals surface area contributed by atoms with Crippen molar-refractivity contribution in [2.24, 2.45) is 0 Å². The predicted molar refractivity (Wildman–Crippen MR) is 46.4 cm³/mol. The Morgan fingerprint density at radius 1 is 1.55 bits per heavy atom. The number of nitrogens with one attached hydrogen (secondary N) is 1. The first-order valence-electron chi connectivity index (χ1n) is 3.75. The van der Waals surface area contributed by atoms with E-state index in [0.717, 1.165) is 5.69 Å². The van der Waals surface area contributed by atoms with Crippen molar-refractivity contribution in [2.75, 3.05) is 5.32 Å². The highest BCUT2D eigenvalue weighted by atomic mass is 14.9. The van der Waals surface area contributed by atoms with Crippen molar-refractivity contribution in [2.45, 2.75) is 13.0 Å². The van der Waals surface area contributed by atoms with Gasteiger partial charge in [-0.2, -0.15) is 0 Å². The summed E-state index contributed by atoms with van der Waals surface area (Å²) in [6, 6.07) is 2.43. The second-order valence-electron chi connectivity index (χ2n) is 2.76. The van der Waals surface area contributed by atoms with Crippen molar-refractivity contribution in [1.29, 1.82) is 0 Å². The number of pyridine rings is 1. The van der Waals surface area contributed by atoms with Gasteiger partial charge in [0.05, 0.1) is 11.9 Å². The highest BCUT2D eigenvalue weighted by molar-refractivity contribution is 5.69. The van der Waals surface area contributed by atoms with Crippen molar-refractivity contribution in [3.63, 3.8) is 0 Å². The molecule has 1 aromatic heterocycles. The van der Waals surface area contributed by atoms with Crippen molar-refractivity contribution in [3.05, 3.63) is 30.1 Å². The van der Waals surface area contributed by atoms with Crippen LogP contribution in [0, 0.1) is 0 Å². The molecule has 1 unspecified atom stereocenters. The Hall–Kier alpha value is -1.31. The minimum absolute atomic E-state index is 0.423. The molecule has 0 fully saturated rings. The van der Waals surface area contributed by atoms with Crippen molar-refractivity contribution < 1.29 is 0 Å². The quantitative estimate of drug-likeness (QED) is 0.604. The minimum Gasteiger partial charge on any atom is -0.377 e. The van der Waals surface area contributed by atoms with Gasteiger partial charge in [0.25, 0.3) is 0 Å². The van der Waals surface area contributed by atoms with Crippen LogP contribution in [0.2, 0.25) is 0 Å². The molecule has 2 heteroatoms. The van der Waals surface area contributed by atoms with Gasteiger partial charge in [-0.05, 0) is 13.0 Å². The zero-order chi connectivity index (χ0) is 7.68. The molecular formula is C9H10N2. The SMILES string of the molecule is CC1C=Cc2ccncc2N1. The Morgan fingerprint density at radius 2 is 2.45 bits per heavy atom. The number of anilines is 1. The summed E-state index contributed by atoms with van der Waals surface area (Å²) in [6.07, 6.45) is 7.93. The third-order valence-electron chi connectivity index (χ3n) is 1.80. The average Bonchev–Trinajstić information content (AvgIpc) is 2.04. The summed E-state index contributed by atoms with van der Waals surface area (Å²) in [5.74, 6) is 0. The lowest BCUT2D eigenvalue weighted by Crippen LogP contribution is -2.15. The first-order valence-corrected chi connectivity index (χ1v) is 3.75. The highest BCUT2D eigenvalue weighted by Crippen LogP contribution is 2.20. The molecule has 1 aliphatic rings. The summed E-state index contributed by atoms with van der Waals surface area (Å²) < 4.78 is 0. The van der Waals surface area contributed by atoms with E-state index >= 15 is 0 Å². The molecule has 0 amide bonds. The smallest absolute Gasteiger partial charge is 0.0604 e. The third kappa shape index (κ3) is 1.11. The monoisotopic (exact) mass is 146 g/mol. The Balaban J connectivity index is 2.46.